The molecule has 0 aliphatic carbocycles. The lowest BCUT2D eigenvalue weighted by Gasteiger charge is -2.11. The van der Waals surface area contributed by atoms with Crippen molar-refractivity contribution in [1.29, 1.82) is 0 Å². The summed E-state index contributed by atoms with van der Waals surface area (Å²) in [6.45, 7) is 1.77. The van der Waals surface area contributed by atoms with Crippen LogP contribution in [0.3, 0.4) is 0 Å². The Balaban J connectivity index is 1.58. The average molecular weight is 425 g/mol. The second kappa shape index (κ2) is 8.20. The summed E-state index contributed by atoms with van der Waals surface area (Å²) in [7, 11) is 1.58. The number of methoxy groups -OCH3 is 1. The van der Waals surface area contributed by atoms with E-state index in [4.69, 9.17) is 25.8 Å². The molecule has 0 bridgehead atoms. The Labute approximate surface area is 178 Å². The molecule has 3 aromatic carbocycles. The van der Waals surface area contributed by atoms with Crippen molar-refractivity contribution < 1.29 is 23.4 Å². The zero-order valence-corrected chi connectivity index (χ0v) is 17.1. The van der Waals surface area contributed by atoms with E-state index in [1.807, 2.05) is 24.3 Å². The second-order valence-electron chi connectivity index (χ2n) is 6.82. The van der Waals surface area contributed by atoms with E-state index < -0.39 is 5.82 Å². The fraction of sp³-hybridized carbons (Fsp3) is 0.125. The molecular weight excluding hydrogens is 407 g/mol. The molecule has 1 heterocycles. The number of halogens is 2. The number of allylic oxidation sites excluding steroid dienone is 1. The maximum Gasteiger partial charge on any atom is 0.232 e. The summed E-state index contributed by atoms with van der Waals surface area (Å²) in [6.07, 6.45) is 1.67. The van der Waals surface area contributed by atoms with Crippen LogP contribution < -0.4 is 14.2 Å². The molecule has 152 valence electrons. The topological polar surface area (TPSA) is 44.8 Å². The van der Waals surface area contributed by atoms with Gasteiger partial charge in [-0.05, 0) is 54.5 Å². The molecule has 0 unspecified atom stereocenters. The molecule has 0 N–H and O–H groups in total. The minimum atomic E-state index is -0.435. The first-order valence-electron chi connectivity index (χ1n) is 9.25. The van der Waals surface area contributed by atoms with Crippen LogP contribution in [0.1, 0.15) is 27.0 Å². The lowest BCUT2D eigenvalue weighted by Crippen LogP contribution is -2.01. The van der Waals surface area contributed by atoms with E-state index in [-0.39, 0.29) is 23.7 Å². The monoisotopic (exact) mass is 424 g/mol. The van der Waals surface area contributed by atoms with E-state index in [9.17, 15) is 9.18 Å². The van der Waals surface area contributed by atoms with E-state index in [0.29, 0.717) is 33.4 Å². The fourth-order valence-electron chi connectivity index (χ4n) is 3.27. The Hall–Kier alpha value is -3.31. The molecule has 1 aliphatic rings. The number of hydrogen-bond acceptors (Lipinski definition) is 4. The van der Waals surface area contributed by atoms with Crippen LogP contribution in [0.15, 0.2) is 60.4 Å². The lowest BCUT2D eigenvalue weighted by atomic mass is 10.0. The minimum Gasteiger partial charge on any atom is -0.497 e. The van der Waals surface area contributed by atoms with Gasteiger partial charge in [-0.25, -0.2) is 4.39 Å². The van der Waals surface area contributed by atoms with E-state index in [1.165, 1.54) is 12.1 Å². The van der Waals surface area contributed by atoms with E-state index in [1.54, 1.807) is 38.3 Å². The van der Waals surface area contributed by atoms with Crippen LogP contribution in [0.4, 0.5) is 4.39 Å². The number of Topliss-reactive ketones (excluding diaryl/α,β-unsaturated/α-hetero) is 1. The van der Waals surface area contributed by atoms with Crippen LogP contribution >= 0.6 is 11.6 Å². The first-order valence-corrected chi connectivity index (χ1v) is 9.62. The largest absolute Gasteiger partial charge is 0.497 e. The van der Waals surface area contributed by atoms with Crippen molar-refractivity contribution in [2.45, 2.75) is 13.5 Å². The van der Waals surface area contributed by atoms with Gasteiger partial charge in [0.25, 0.3) is 0 Å². The molecule has 6 heteroatoms. The average Bonchev–Trinajstić information content (AvgIpc) is 3.03. The molecule has 0 radical (unpaired) electrons. The SMILES string of the molecule is COc1cccc(/C=C2\Oc3cc(OCc4c(F)cccc4Cl)cc(C)c3C2=O)c1. The summed E-state index contributed by atoms with van der Waals surface area (Å²) in [5.41, 5.74) is 2.25. The summed E-state index contributed by atoms with van der Waals surface area (Å²) in [5.74, 6) is 1.13. The summed E-state index contributed by atoms with van der Waals surface area (Å²) in [5, 5.41) is 0.294. The van der Waals surface area contributed by atoms with Crippen molar-refractivity contribution in [2.24, 2.45) is 0 Å². The molecule has 0 saturated heterocycles. The van der Waals surface area contributed by atoms with Gasteiger partial charge in [-0.3, -0.25) is 4.79 Å². The van der Waals surface area contributed by atoms with Crippen LogP contribution in [-0.4, -0.2) is 12.9 Å². The molecule has 0 saturated carbocycles. The molecule has 0 spiro atoms. The quantitative estimate of drug-likeness (QED) is 0.472. The Kier molecular flexibility index (Phi) is 5.46. The molecule has 30 heavy (non-hydrogen) atoms. The smallest absolute Gasteiger partial charge is 0.232 e. The molecule has 0 fully saturated rings. The van der Waals surface area contributed by atoms with Crippen LogP contribution in [0.2, 0.25) is 5.02 Å². The number of fused-ring (bicyclic) bond motifs is 1. The second-order valence-corrected chi connectivity index (χ2v) is 7.23. The molecule has 4 nitrogen and oxygen atoms in total. The number of rotatable bonds is 5. The summed E-state index contributed by atoms with van der Waals surface area (Å²) >= 11 is 6.05. The lowest BCUT2D eigenvalue weighted by molar-refractivity contribution is 0.101. The first-order chi connectivity index (χ1) is 14.5. The van der Waals surface area contributed by atoms with Gasteiger partial charge in [0, 0.05) is 11.6 Å². The Bertz CT molecular complexity index is 1150. The number of carbonyl (C=O) groups is 1. The van der Waals surface area contributed by atoms with Crippen LogP contribution in [-0.2, 0) is 6.61 Å². The van der Waals surface area contributed by atoms with Gasteiger partial charge in [0.15, 0.2) is 5.76 Å². The third-order valence-corrected chi connectivity index (χ3v) is 5.13. The van der Waals surface area contributed by atoms with Gasteiger partial charge in [-0.15, -0.1) is 0 Å². The van der Waals surface area contributed by atoms with Crippen molar-refractivity contribution in [1.82, 2.24) is 0 Å². The van der Waals surface area contributed by atoms with Crippen LogP contribution in [0.5, 0.6) is 17.2 Å². The molecule has 0 amide bonds. The molecule has 3 aromatic rings. The minimum absolute atomic E-state index is 0.0375. The molecule has 0 atom stereocenters. The maximum atomic E-state index is 14.0. The fourth-order valence-corrected chi connectivity index (χ4v) is 3.49. The number of aryl methyl sites for hydroxylation is 1. The van der Waals surface area contributed by atoms with E-state index >= 15 is 0 Å². The summed E-state index contributed by atoms with van der Waals surface area (Å²) in [6, 6.07) is 15.2. The van der Waals surface area contributed by atoms with Crippen molar-refractivity contribution in [3.8, 4) is 17.2 Å². The van der Waals surface area contributed by atoms with Gasteiger partial charge in [0.2, 0.25) is 5.78 Å². The molecule has 0 aromatic heterocycles. The van der Waals surface area contributed by atoms with Crippen molar-refractivity contribution >= 4 is 23.5 Å². The Morgan fingerprint density at radius 1 is 1.10 bits per heavy atom. The summed E-state index contributed by atoms with van der Waals surface area (Å²) in [4.78, 5) is 12.8. The number of hydrogen-bond donors (Lipinski definition) is 0. The Morgan fingerprint density at radius 3 is 2.67 bits per heavy atom. The van der Waals surface area contributed by atoms with Gasteiger partial charge >= 0.3 is 0 Å². The Morgan fingerprint density at radius 2 is 1.90 bits per heavy atom. The van der Waals surface area contributed by atoms with Crippen LogP contribution in [0, 0.1) is 12.7 Å². The number of ether oxygens (including phenoxy) is 3. The predicted molar refractivity (Wildman–Crippen MR) is 113 cm³/mol. The van der Waals surface area contributed by atoms with Gasteiger partial charge in [0.05, 0.1) is 17.7 Å². The molecule has 1 aliphatic heterocycles. The first kappa shape index (κ1) is 20.0. The highest BCUT2D eigenvalue weighted by atomic mass is 35.5. The van der Waals surface area contributed by atoms with Gasteiger partial charge in [-0.1, -0.05) is 29.8 Å². The van der Waals surface area contributed by atoms with Gasteiger partial charge in [-0.2, -0.15) is 0 Å². The number of ketones is 1. The normalized spacial score (nSPS) is 13.9. The highest BCUT2D eigenvalue weighted by molar-refractivity contribution is 6.31. The van der Waals surface area contributed by atoms with Crippen molar-refractivity contribution in [3.05, 3.63) is 93.5 Å². The number of benzene rings is 3. The summed E-state index contributed by atoms with van der Waals surface area (Å²) < 4.78 is 30.7. The highest BCUT2D eigenvalue weighted by Crippen LogP contribution is 2.38. The molecule has 4 rings (SSSR count). The standard InChI is InChI=1S/C24H18ClFO4/c1-14-9-17(29-13-18-19(25)7-4-8-20(18)26)12-21-23(14)24(27)22(30-21)11-15-5-3-6-16(10-15)28-2/h3-12H,13H2,1-2H3/b22-11-. The third-order valence-electron chi connectivity index (χ3n) is 4.78. The van der Waals surface area contributed by atoms with Crippen molar-refractivity contribution in [2.75, 3.05) is 7.11 Å². The predicted octanol–water partition coefficient (Wildman–Crippen LogP) is 5.99. The molecular formula is C24H18ClFO4. The van der Waals surface area contributed by atoms with Gasteiger partial charge in [0.1, 0.15) is 29.7 Å². The van der Waals surface area contributed by atoms with E-state index in [2.05, 4.69) is 0 Å². The van der Waals surface area contributed by atoms with Crippen LogP contribution in [0.25, 0.3) is 6.08 Å². The zero-order valence-electron chi connectivity index (χ0n) is 16.4. The van der Waals surface area contributed by atoms with Crippen molar-refractivity contribution in [3.63, 3.8) is 0 Å². The number of carbonyl (C=O) groups excluding carboxylic acids is 1. The maximum absolute atomic E-state index is 14.0. The third kappa shape index (κ3) is 3.89. The zero-order chi connectivity index (χ0) is 21.3. The van der Waals surface area contributed by atoms with E-state index in [0.717, 1.165) is 5.56 Å². The highest BCUT2D eigenvalue weighted by Gasteiger charge is 2.30. The van der Waals surface area contributed by atoms with Gasteiger partial charge < -0.3 is 14.2 Å².